The molecular weight excluding hydrogens is 384 g/mol. The number of hydrazone groups is 1. The number of hydrogen-bond acceptors (Lipinski definition) is 2. The molecule has 0 aromatic heterocycles. The first-order valence-electron chi connectivity index (χ1n) is 5.92. The molecule has 0 fully saturated rings. The summed E-state index contributed by atoms with van der Waals surface area (Å²) in [5.41, 5.74) is 4.84. The van der Waals surface area contributed by atoms with Crippen LogP contribution in [0.25, 0.3) is 0 Å². The van der Waals surface area contributed by atoms with Crippen LogP contribution in [0.5, 0.6) is 0 Å². The molecule has 0 saturated carbocycles. The zero-order chi connectivity index (χ0) is 14.5. The van der Waals surface area contributed by atoms with E-state index >= 15 is 0 Å². The van der Waals surface area contributed by atoms with Gasteiger partial charge in [-0.05, 0) is 48.9 Å². The van der Waals surface area contributed by atoms with Gasteiger partial charge >= 0.3 is 0 Å². The molecule has 0 saturated heterocycles. The number of carbonyl (C=O) groups is 1. The molecule has 0 aliphatic rings. The van der Waals surface area contributed by atoms with Crippen LogP contribution in [0.1, 0.15) is 22.8 Å². The van der Waals surface area contributed by atoms with Crippen LogP contribution < -0.4 is 5.43 Å². The van der Waals surface area contributed by atoms with Gasteiger partial charge in [-0.2, -0.15) is 5.10 Å². The SMILES string of the molecule is CC(=NNC(=O)c1ccc(Br)cc1)c1ccc(Br)cc1. The molecule has 0 heterocycles. The highest BCUT2D eigenvalue weighted by molar-refractivity contribution is 9.10. The van der Waals surface area contributed by atoms with Crippen molar-refractivity contribution in [3.05, 3.63) is 68.6 Å². The Morgan fingerprint density at radius 3 is 1.85 bits per heavy atom. The quantitative estimate of drug-likeness (QED) is 0.608. The molecular formula is C15H12Br2N2O. The van der Waals surface area contributed by atoms with E-state index in [4.69, 9.17) is 0 Å². The molecule has 2 rings (SSSR count). The Hall–Kier alpha value is -1.46. The molecule has 1 N–H and O–H groups in total. The molecule has 0 aliphatic heterocycles. The molecule has 0 radical (unpaired) electrons. The predicted octanol–water partition coefficient (Wildman–Crippen LogP) is 4.37. The lowest BCUT2D eigenvalue weighted by atomic mass is 10.1. The zero-order valence-corrected chi connectivity index (χ0v) is 13.9. The Bertz CT molecular complexity index is 634. The number of carbonyl (C=O) groups excluding carboxylic acids is 1. The molecule has 1 amide bonds. The first-order chi connectivity index (χ1) is 9.56. The Balaban J connectivity index is 2.06. The van der Waals surface area contributed by atoms with E-state index in [1.54, 1.807) is 12.1 Å². The second-order valence-corrected chi connectivity index (χ2v) is 5.98. The molecule has 0 atom stereocenters. The number of amides is 1. The summed E-state index contributed by atoms with van der Waals surface area (Å²) < 4.78 is 1.94. The minimum atomic E-state index is -0.228. The van der Waals surface area contributed by atoms with Gasteiger partial charge in [0.1, 0.15) is 0 Å². The van der Waals surface area contributed by atoms with Gasteiger partial charge in [-0.15, -0.1) is 0 Å². The summed E-state index contributed by atoms with van der Waals surface area (Å²) in [4.78, 5) is 11.9. The number of nitrogens with zero attached hydrogens (tertiary/aromatic N) is 1. The van der Waals surface area contributed by atoms with Crippen molar-refractivity contribution in [1.82, 2.24) is 5.43 Å². The van der Waals surface area contributed by atoms with Gasteiger partial charge in [-0.25, -0.2) is 5.43 Å². The molecule has 2 aromatic carbocycles. The first-order valence-corrected chi connectivity index (χ1v) is 7.51. The Labute approximate surface area is 134 Å². The Morgan fingerprint density at radius 2 is 1.35 bits per heavy atom. The van der Waals surface area contributed by atoms with E-state index in [0.29, 0.717) is 5.56 Å². The van der Waals surface area contributed by atoms with Crippen LogP contribution in [0.3, 0.4) is 0 Å². The molecule has 0 spiro atoms. The summed E-state index contributed by atoms with van der Waals surface area (Å²) in [6.45, 7) is 1.85. The molecule has 0 bridgehead atoms. The average Bonchev–Trinajstić information content (AvgIpc) is 2.46. The van der Waals surface area contributed by atoms with Gasteiger partial charge in [0.25, 0.3) is 5.91 Å². The molecule has 5 heteroatoms. The highest BCUT2D eigenvalue weighted by atomic mass is 79.9. The maximum atomic E-state index is 11.9. The molecule has 102 valence electrons. The van der Waals surface area contributed by atoms with Gasteiger partial charge < -0.3 is 0 Å². The van der Waals surface area contributed by atoms with Gasteiger partial charge in [0.15, 0.2) is 0 Å². The van der Waals surface area contributed by atoms with Crippen molar-refractivity contribution in [2.75, 3.05) is 0 Å². The summed E-state index contributed by atoms with van der Waals surface area (Å²) >= 11 is 6.71. The zero-order valence-electron chi connectivity index (χ0n) is 10.7. The lowest BCUT2D eigenvalue weighted by molar-refractivity contribution is 0.0955. The standard InChI is InChI=1S/C15H12Br2N2O/c1-10(11-2-6-13(16)7-3-11)18-19-15(20)12-4-8-14(17)9-5-12/h2-9H,1H3,(H,19,20). The van der Waals surface area contributed by atoms with Crippen molar-refractivity contribution >= 4 is 43.5 Å². The molecule has 20 heavy (non-hydrogen) atoms. The number of rotatable bonds is 3. The second kappa shape index (κ2) is 6.81. The van der Waals surface area contributed by atoms with E-state index in [1.807, 2.05) is 43.3 Å². The number of benzene rings is 2. The third-order valence-electron chi connectivity index (χ3n) is 2.69. The van der Waals surface area contributed by atoms with Crippen molar-refractivity contribution in [2.45, 2.75) is 6.92 Å². The predicted molar refractivity (Wildman–Crippen MR) is 88.0 cm³/mol. The molecule has 0 unspecified atom stereocenters. The van der Waals surface area contributed by atoms with E-state index < -0.39 is 0 Å². The van der Waals surface area contributed by atoms with E-state index in [0.717, 1.165) is 20.2 Å². The van der Waals surface area contributed by atoms with Crippen LogP contribution in [0.2, 0.25) is 0 Å². The number of nitrogens with one attached hydrogen (secondary N) is 1. The Morgan fingerprint density at radius 1 is 0.900 bits per heavy atom. The van der Waals surface area contributed by atoms with Crippen LogP contribution in [-0.4, -0.2) is 11.6 Å². The van der Waals surface area contributed by atoms with Crippen LogP contribution in [0.4, 0.5) is 0 Å². The van der Waals surface area contributed by atoms with E-state index in [1.165, 1.54) is 0 Å². The van der Waals surface area contributed by atoms with Crippen LogP contribution in [-0.2, 0) is 0 Å². The second-order valence-electron chi connectivity index (χ2n) is 4.15. The largest absolute Gasteiger partial charge is 0.271 e. The third kappa shape index (κ3) is 4.02. The van der Waals surface area contributed by atoms with Crippen molar-refractivity contribution in [2.24, 2.45) is 5.10 Å². The van der Waals surface area contributed by atoms with Crippen molar-refractivity contribution in [3.63, 3.8) is 0 Å². The van der Waals surface area contributed by atoms with Crippen LogP contribution in [0.15, 0.2) is 62.6 Å². The summed E-state index contributed by atoms with van der Waals surface area (Å²) in [5, 5.41) is 4.11. The first kappa shape index (κ1) is 14.9. The number of hydrogen-bond donors (Lipinski definition) is 1. The minimum absolute atomic E-state index is 0.228. The fourth-order valence-corrected chi connectivity index (χ4v) is 2.08. The highest BCUT2D eigenvalue weighted by Crippen LogP contribution is 2.12. The smallest absolute Gasteiger partial charge is 0.267 e. The molecule has 3 nitrogen and oxygen atoms in total. The maximum absolute atomic E-state index is 11.9. The van der Waals surface area contributed by atoms with Crippen LogP contribution >= 0.6 is 31.9 Å². The fourth-order valence-electron chi connectivity index (χ4n) is 1.56. The summed E-state index contributed by atoms with van der Waals surface area (Å²) in [7, 11) is 0. The lowest BCUT2D eigenvalue weighted by Gasteiger charge is -2.03. The van der Waals surface area contributed by atoms with Gasteiger partial charge in [-0.1, -0.05) is 44.0 Å². The molecule has 0 aliphatic carbocycles. The molecule has 2 aromatic rings. The monoisotopic (exact) mass is 394 g/mol. The summed E-state index contributed by atoms with van der Waals surface area (Å²) in [6, 6.07) is 14.9. The maximum Gasteiger partial charge on any atom is 0.271 e. The van der Waals surface area contributed by atoms with Crippen LogP contribution in [0, 0.1) is 0 Å². The highest BCUT2D eigenvalue weighted by Gasteiger charge is 2.04. The van der Waals surface area contributed by atoms with Gasteiger partial charge in [-0.3, -0.25) is 4.79 Å². The van der Waals surface area contributed by atoms with Crippen molar-refractivity contribution in [3.8, 4) is 0 Å². The third-order valence-corrected chi connectivity index (χ3v) is 3.75. The fraction of sp³-hybridized carbons (Fsp3) is 0.0667. The topological polar surface area (TPSA) is 41.5 Å². The summed E-state index contributed by atoms with van der Waals surface area (Å²) in [5.74, 6) is -0.228. The minimum Gasteiger partial charge on any atom is -0.267 e. The lowest BCUT2D eigenvalue weighted by Crippen LogP contribution is -2.19. The van der Waals surface area contributed by atoms with E-state index in [-0.39, 0.29) is 5.91 Å². The van der Waals surface area contributed by atoms with Crippen molar-refractivity contribution in [1.29, 1.82) is 0 Å². The van der Waals surface area contributed by atoms with Gasteiger partial charge in [0, 0.05) is 14.5 Å². The van der Waals surface area contributed by atoms with Gasteiger partial charge in [0.2, 0.25) is 0 Å². The van der Waals surface area contributed by atoms with E-state index in [2.05, 4.69) is 42.4 Å². The summed E-state index contributed by atoms with van der Waals surface area (Å²) in [6.07, 6.45) is 0. The average molecular weight is 396 g/mol. The van der Waals surface area contributed by atoms with Crippen molar-refractivity contribution < 1.29 is 4.79 Å². The number of halogens is 2. The Kier molecular flexibility index (Phi) is 5.09. The van der Waals surface area contributed by atoms with E-state index in [9.17, 15) is 4.79 Å². The normalized spacial score (nSPS) is 11.2. The van der Waals surface area contributed by atoms with Gasteiger partial charge in [0.05, 0.1) is 5.71 Å².